The van der Waals surface area contributed by atoms with Crippen LogP contribution in [0.15, 0.2) is 46.2 Å². The van der Waals surface area contributed by atoms with Gasteiger partial charge in [0.2, 0.25) is 0 Å². The van der Waals surface area contributed by atoms with E-state index in [1.165, 1.54) is 34.9 Å². The van der Waals surface area contributed by atoms with E-state index >= 15 is 0 Å². The predicted octanol–water partition coefficient (Wildman–Crippen LogP) is 2.77. The molecule has 0 unspecified atom stereocenters. The van der Waals surface area contributed by atoms with Crippen LogP contribution in [0.5, 0.6) is 5.75 Å². The first kappa shape index (κ1) is 17.3. The summed E-state index contributed by atoms with van der Waals surface area (Å²) in [5.41, 5.74) is 0.470. The van der Waals surface area contributed by atoms with Gasteiger partial charge in [-0.1, -0.05) is 19.1 Å². The summed E-state index contributed by atoms with van der Waals surface area (Å²) < 4.78 is 24.5. The van der Waals surface area contributed by atoms with Crippen molar-refractivity contribution >= 4 is 33.2 Å². The quantitative estimate of drug-likeness (QED) is 0.830. The minimum atomic E-state index is -3.57. The Morgan fingerprint density at radius 1 is 1.36 bits per heavy atom. The number of aromatic hydroxyl groups is 1. The number of fused-ring (bicyclic) bond motifs is 1. The molecule has 1 aliphatic heterocycles. The van der Waals surface area contributed by atoms with Crippen LogP contribution in [0.4, 0.5) is 5.69 Å². The van der Waals surface area contributed by atoms with Crippen molar-refractivity contribution in [3.63, 3.8) is 0 Å². The third-order valence-corrected chi connectivity index (χ3v) is 6.30. The fraction of sp³-hybridized carbons (Fsp3) is 0.176. The minimum absolute atomic E-state index is 0.0165. The summed E-state index contributed by atoms with van der Waals surface area (Å²) in [6.45, 7) is 1.88. The van der Waals surface area contributed by atoms with Gasteiger partial charge >= 0.3 is 0 Å². The summed E-state index contributed by atoms with van der Waals surface area (Å²) in [5, 5.41) is 19.3. The largest absolute Gasteiger partial charge is 0.505 e. The lowest BCUT2D eigenvalue weighted by Gasteiger charge is -2.17. The number of nitriles is 1. The molecule has 1 aliphatic rings. The van der Waals surface area contributed by atoms with Gasteiger partial charge < -0.3 is 5.11 Å². The Hall–Kier alpha value is -2.50. The Balaban J connectivity index is 2.09. The van der Waals surface area contributed by atoms with Crippen LogP contribution in [-0.2, 0) is 9.84 Å². The lowest BCUT2D eigenvalue weighted by molar-refractivity contribution is 0.0991. The fourth-order valence-electron chi connectivity index (χ4n) is 2.66. The van der Waals surface area contributed by atoms with Crippen LogP contribution in [0.1, 0.15) is 22.8 Å². The molecule has 0 aromatic heterocycles. The van der Waals surface area contributed by atoms with Crippen LogP contribution < -0.4 is 4.90 Å². The molecule has 128 valence electrons. The van der Waals surface area contributed by atoms with Gasteiger partial charge in [0.05, 0.1) is 21.0 Å². The first-order valence-corrected chi connectivity index (χ1v) is 10.1. The van der Waals surface area contributed by atoms with Gasteiger partial charge in [-0.05, 0) is 30.0 Å². The molecule has 6 nitrogen and oxygen atoms in total. The van der Waals surface area contributed by atoms with Crippen molar-refractivity contribution < 1.29 is 18.3 Å². The number of carbonyl (C=O) groups excluding carboxylic acids is 1. The average Bonchev–Trinajstić information content (AvgIpc) is 2.88. The van der Waals surface area contributed by atoms with E-state index in [-0.39, 0.29) is 21.8 Å². The molecule has 1 heterocycles. The van der Waals surface area contributed by atoms with Gasteiger partial charge in [-0.2, -0.15) is 5.26 Å². The number of para-hydroxylation sites is 1. The van der Waals surface area contributed by atoms with Crippen molar-refractivity contribution in [2.75, 3.05) is 16.5 Å². The van der Waals surface area contributed by atoms with Crippen molar-refractivity contribution in [2.24, 2.45) is 0 Å². The molecule has 0 saturated heterocycles. The van der Waals surface area contributed by atoms with E-state index in [0.29, 0.717) is 16.3 Å². The van der Waals surface area contributed by atoms with Crippen LogP contribution in [-0.4, -0.2) is 31.1 Å². The molecule has 0 radical (unpaired) electrons. The highest BCUT2D eigenvalue weighted by Crippen LogP contribution is 2.37. The van der Waals surface area contributed by atoms with Crippen molar-refractivity contribution in [3.8, 4) is 11.8 Å². The number of hydrogen-bond donors (Lipinski definition) is 1. The third-order valence-electron chi connectivity index (χ3n) is 3.78. The number of anilines is 1. The first-order chi connectivity index (χ1) is 11.9. The zero-order valence-corrected chi connectivity index (χ0v) is 14.9. The number of phenols is 1. The molecule has 8 heteroatoms. The number of amides is 1. The van der Waals surface area contributed by atoms with Gasteiger partial charge in [-0.15, -0.1) is 11.8 Å². The number of rotatable bonds is 3. The van der Waals surface area contributed by atoms with Crippen LogP contribution in [0.3, 0.4) is 0 Å². The lowest BCUT2D eigenvalue weighted by atomic mass is 10.1. The van der Waals surface area contributed by atoms with Gasteiger partial charge in [0.25, 0.3) is 5.91 Å². The summed E-state index contributed by atoms with van der Waals surface area (Å²) >= 11 is 1.30. The molecule has 0 aliphatic carbocycles. The van der Waals surface area contributed by atoms with Gasteiger partial charge in [0, 0.05) is 5.56 Å². The number of phenolic OH excluding ortho intramolecular Hbond substituents is 1. The molecule has 0 atom stereocenters. The van der Waals surface area contributed by atoms with Gasteiger partial charge in [0.15, 0.2) is 9.84 Å². The van der Waals surface area contributed by atoms with E-state index in [2.05, 4.69) is 0 Å². The van der Waals surface area contributed by atoms with Crippen LogP contribution in [0, 0.1) is 11.3 Å². The third kappa shape index (κ3) is 2.97. The second-order valence-electron chi connectivity index (χ2n) is 5.36. The normalized spacial score (nSPS) is 14.8. The molecule has 0 spiro atoms. The SMILES string of the molecule is CCSc1cc(C(=O)N2CS(=O)(=O)c3ccccc32)cc(C#N)c1O. The van der Waals surface area contributed by atoms with Crippen LogP contribution >= 0.6 is 11.8 Å². The number of sulfone groups is 1. The molecule has 1 amide bonds. The Morgan fingerprint density at radius 2 is 2.08 bits per heavy atom. The number of carbonyl (C=O) groups is 1. The second kappa shape index (κ2) is 6.43. The number of hydrogen-bond acceptors (Lipinski definition) is 6. The summed E-state index contributed by atoms with van der Waals surface area (Å²) in [4.78, 5) is 14.6. The molecular weight excluding hydrogens is 360 g/mol. The molecule has 0 saturated carbocycles. The molecule has 25 heavy (non-hydrogen) atoms. The molecular formula is C17H14N2O4S2. The van der Waals surface area contributed by atoms with E-state index in [9.17, 15) is 23.6 Å². The molecule has 2 aromatic rings. The maximum Gasteiger partial charge on any atom is 0.259 e. The monoisotopic (exact) mass is 374 g/mol. The standard InChI is InChI=1S/C17H14N2O4S2/c1-2-24-14-8-11(7-12(9-18)16(14)20)17(21)19-10-25(22,23)15-6-4-3-5-13(15)19/h3-8,20H,2,10H2,1H3. The van der Waals surface area contributed by atoms with Crippen LogP contribution in [0.2, 0.25) is 0 Å². The highest BCUT2D eigenvalue weighted by molar-refractivity contribution is 7.99. The summed E-state index contributed by atoms with van der Waals surface area (Å²) in [6, 6.07) is 10.9. The lowest BCUT2D eigenvalue weighted by Crippen LogP contribution is -2.30. The van der Waals surface area contributed by atoms with E-state index in [1.54, 1.807) is 18.2 Å². The molecule has 0 fully saturated rings. The first-order valence-electron chi connectivity index (χ1n) is 7.42. The van der Waals surface area contributed by atoms with Gasteiger partial charge in [-0.3, -0.25) is 9.69 Å². The summed E-state index contributed by atoms with van der Waals surface area (Å²) in [6.07, 6.45) is 0. The summed E-state index contributed by atoms with van der Waals surface area (Å²) in [7, 11) is -3.57. The Bertz CT molecular complexity index is 1010. The van der Waals surface area contributed by atoms with E-state index in [0.717, 1.165) is 0 Å². The number of thioether (sulfide) groups is 1. The van der Waals surface area contributed by atoms with E-state index in [4.69, 9.17) is 0 Å². The van der Waals surface area contributed by atoms with Gasteiger partial charge in [0.1, 0.15) is 17.7 Å². The van der Waals surface area contributed by atoms with Crippen molar-refractivity contribution in [1.82, 2.24) is 0 Å². The topological polar surface area (TPSA) is 98.5 Å². The van der Waals surface area contributed by atoms with Crippen molar-refractivity contribution in [3.05, 3.63) is 47.5 Å². The fourth-order valence-corrected chi connectivity index (χ4v) is 4.94. The molecule has 1 N–H and O–H groups in total. The highest BCUT2D eigenvalue weighted by Gasteiger charge is 2.36. The average molecular weight is 374 g/mol. The highest BCUT2D eigenvalue weighted by atomic mass is 32.2. The Morgan fingerprint density at radius 3 is 2.76 bits per heavy atom. The zero-order valence-electron chi connectivity index (χ0n) is 13.3. The smallest absolute Gasteiger partial charge is 0.259 e. The van der Waals surface area contributed by atoms with Gasteiger partial charge in [-0.25, -0.2) is 8.42 Å². The zero-order chi connectivity index (χ0) is 18.2. The molecule has 2 aromatic carbocycles. The molecule has 3 rings (SSSR count). The second-order valence-corrected chi connectivity index (χ2v) is 8.59. The maximum absolute atomic E-state index is 12.9. The minimum Gasteiger partial charge on any atom is -0.505 e. The van der Waals surface area contributed by atoms with E-state index < -0.39 is 21.6 Å². The van der Waals surface area contributed by atoms with E-state index in [1.807, 2.05) is 13.0 Å². The molecule has 0 bridgehead atoms. The number of benzene rings is 2. The van der Waals surface area contributed by atoms with Crippen molar-refractivity contribution in [1.29, 1.82) is 5.26 Å². The predicted molar refractivity (Wildman–Crippen MR) is 94.5 cm³/mol. The number of nitrogens with zero attached hydrogens (tertiary/aromatic N) is 2. The van der Waals surface area contributed by atoms with Crippen LogP contribution in [0.25, 0.3) is 0 Å². The Kier molecular flexibility index (Phi) is 4.45. The van der Waals surface area contributed by atoms with Crippen molar-refractivity contribution in [2.45, 2.75) is 16.7 Å². The maximum atomic E-state index is 12.9. The Labute approximate surface area is 149 Å². The summed E-state index contributed by atoms with van der Waals surface area (Å²) in [5.74, 6) is -0.482.